The lowest BCUT2D eigenvalue weighted by Crippen LogP contribution is -2.03. The molecule has 0 aromatic carbocycles. The molecular weight excluding hydrogens is 124 g/mol. The molecule has 2 nitrogen and oxygen atoms in total. The maximum absolute atomic E-state index is 10.4. The molecule has 1 saturated heterocycles. The van der Waals surface area contributed by atoms with E-state index in [9.17, 15) is 4.79 Å². The van der Waals surface area contributed by atoms with Gasteiger partial charge < -0.3 is 4.74 Å². The summed E-state index contributed by atoms with van der Waals surface area (Å²) < 4.78 is 4.74. The molecule has 0 bridgehead atoms. The summed E-state index contributed by atoms with van der Waals surface area (Å²) in [7, 11) is 0. The molecule has 0 unspecified atom stereocenters. The fourth-order valence-corrected chi connectivity index (χ4v) is 1.26. The van der Waals surface area contributed by atoms with Gasteiger partial charge in [-0.3, -0.25) is 4.79 Å². The van der Waals surface area contributed by atoms with Crippen LogP contribution in [-0.2, 0) is 9.53 Å². The second-order valence-electron chi connectivity index (χ2n) is 1.63. The largest absolute Gasteiger partial charge is 0.465 e. The molecule has 0 atom stereocenters. The highest BCUT2D eigenvalue weighted by molar-refractivity contribution is 7.99. The van der Waals surface area contributed by atoms with Gasteiger partial charge in [-0.05, 0) is 12.2 Å². The van der Waals surface area contributed by atoms with Crippen molar-refractivity contribution < 1.29 is 9.53 Å². The molecule has 1 aliphatic rings. The zero-order valence-electron chi connectivity index (χ0n) is 4.55. The molecule has 0 radical (unpaired) electrons. The van der Waals surface area contributed by atoms with Crippen molar-refractivity contribution in [2.75, 3.05) is 18.1 Å². The van der Waals surface area contributed by atoms with E-state index in [0.717, 1.165) is 12.2 Å². The summed E-state index contributed by atoms with van der Waals surface area (Å²) in [6.45, 7) is 0.617. The molecule has 0 aromatic rings. The highest BCUT2D eigenvalue weighted by Crippen LogP contribution is 2.07. The lowest BCUT2D eigenvalue weighted by atomic mass is 10.5. The lowest BCUT2D eigenvalue weighted by molar-refractivity contribution is -0.140. The first-order valence-electron chi connectivity index (χ1n) is 2.63. The van der Waals surface area contributed by atoms with Crippen LogP contribution in [0, 0.1) is 0 Å². The first kappa shape index (κ1) is 5.95. The Labute approximate surface area is 52.6 Å². The van der Waals surface area contributed by atoms with Gasteiger partial charge in [0, 0.05) is 0 Å². The van der Waals surface area contributed by atoms with Crippen LogP contribution < -0.4 is 0 Å². The second-order valence-corrected chi connectivity index (χ2v) is 2.73. The number of hydrogen-bond acceptors (Lipinski definition) is 3. The Morgan fingerprint density at radius 1 is 1.62 bits per heavy atom. The molecule has 3 heteroatoms. The predicted molar refractivity (Wildman–Crippen MR) is 32.9 cm³/mol. The Morgan fingerprint density at radius 2 is 2.50 bits per heavy atom. The fraction of sp³-hybridized carbons (Fsp3) is 0.800. The quantitative estimate of drug-likeness (QED) is 0.453. The Morgan fingerprint density at radius 3 is 3.38 bits per heavy atom. The van der Waals surface area contributed by atoms with Crippen molar-refractivity contribution >= 4 is 17.7 Å². The minimum Gasteiger partial charge on any atom is -0.465 e. The van der Waals surface area contributed by atoms with Gasteiger partial charge in [0.25, 0.3) is 0 Å². The van der Waals surface area contributed by atoms with Gasteiger partial charge in [0.1, 0.15) is 0 Å². The summed E-state index contributed by atoms with van der Waals surface area (Å²) >= 11 is 1.65. The van der Waals surface area contributed by atoms with Crippen LogP contribution in [0.3, 0.4) is 0 Å². The third-order valence-corrected chi connectivity index (χ3v) is 1.93. The van der Waals surface area contributed by atoms with Crippen molar-refractivity contribution in [3.63, 3.8) is 0 Å². The molecule has 0 N–H and O–H groups in total. The van der Waals surface area contributed by atoms with E-state index in [4.69, 9.17) is 4.74 Å². The second kappa shape index (κ2) is 2.97. The van der Waals surface area contributed by atoms with Crippen molar-refractivity contribution in [1.82, 2.24) is 0 Å². The van der Waals surface area contributed by atoms with Crippen LogP contribution in [0.15, 0.2) is 0 Å². The summed E-state index contributed by atoms with van der Waals surface area (Å²) in [6, 6.07) is 0. The summed E-state index contributed by atoms with van der Waals surface area (Å²) in [5.41, 5.74) is 0. The molecular formula is C5H8O2S. The van der Waals surface area contributed by atoms with E-state index in [2.05, 4.69) is 0 Å². The maximum Gasteiger partial charge on any atom is 0.315 e. The summed E-state index contributed by atoms with van der Waals surface area (Å²) in [5, 5.41) is 0. The van der Waals surface area contributed by atoms with E-state index in [1.54, 1.807) is 11.8 Å². The molecule has 1 heterocycles. The fourth-order valence-electron chi connectivity index (χ4n) is 0.544. The Hall–Kier alpha value is -0.180. The van der Waals surface area contributed by atoms with Crippen LogP contribution in [0.4, 0.5) is 0 Å². The molecule has 0 aromatic heterocycles. The van der Waals surface area contributed by atoms with Crippen LogP contribution in [0.2, 0.25) is 0 Å². The minimum absolute atomic E-state index is 0.0625. The number of cyclic esters (lactones) is 1. The van der Waals surface area contributed by atoms with Crippen molar-refractivity contribution in [1.29, 1.82) is 0 Å². The molecule has 46 valence electrons. The van der Waals surface area contributed by atoms with Crippen molar-refractivity contribution in [2.45, 2.75) is 6.42 Å². The lowest BCUT2D eigenvalue weighted by Gasteiger charge is -1.93. The van der Waals surface area contributed by atoms with Crippen LogP contribution in [0.25, 0.3) is 0 Å². The van der Waals surface area contributed by atoms with Crippen molar-refractivity contribution in [3.8, 4) is 0 Å². The molecule has 1 aliphatic heterocycles. The van der Waals surface area contributed by atoms with E-state index in [1.807, 2.05) is 0 Å². The molecule has 0 amide bonds. The molecule has 1 rings (SSSR count). The van der Waals surface area contributed by atoms with Gasteiger partial charge in [0.05, 0.1) is 12.4 Å². The normalized spacial score (nSPS) is 21.8. The first-order valence-corrected chi connectivity index (χ1v) is 3.78. The average molecular weight is 132 g/mol. The highest BCUT2D eigenvalue weighted by atomic mass is 32.2. The highest BCUT2D eigenvalue weighted by Gasteiger charge is 2.05. The Balaban J connectivity index is 2.27. The van der Waals surface area contributed by atoms with Crippen LogP contribution >= 0.6 is 11.8 Å². The first-order chi connectivity index (χ1) is 3.89. The molecule has 0 spiro atoms. The number of thioether (sulfide) groups is 1. The molecule has 0 aliphatic carbocycles. The molecule has 1 fully saturated rings. The smallest absolute Gasteiger partial charge is 0.315 e. The van der Waals surface area contributed by atoms with E-state index in [1.165, 1.54) is 0 Å². The SMILES string of the molecule is O=C1CSCCCO1. The topological polar surface area (TPSA) is 26.3 Å². The van der Waals surface area contributed by atoms with Gasteiger partial charge >= 0.3 is 5.97 Å². The Kier molecular flexibility index (Phi) is 2.21. The molecule has 0 saturated carbocycles. The number of carbonyl (C=O) groups excluding carboxylic acids is 1. The predicted octanol–water partition coefficient (Wildman–Crippen LogP) is 0.667. The van der Waals surface area contributed by atoms with Crippen molar-refractivity contribution in [2.24, 2.45) is 0 Å². The Bertz CT molecular complexity index is 82.4. The maximum atomic E-state index is 10.4. The summed E-state index contributed by atoms with van der Waals surface area (Å²) in [6.07, 6.45) is 1.01. The summed E-state index contributed by atoms with van der Waals surface area (Å²) in [5.74, 6) is 1.54. The van der Waals surface area contributed by atoms with Crippen LogP contribution in [-0.4, -0.2) is 24.1 Å². The number of carbonyl (C=O) groups is 1. The number of rotatable bonds is 0. The van der Waals surface area contributed by atoms with Gasteiger partial charge in [-0.2, -0.15) is 11.8 Å². The van der Waals surface area contributed by atoms with Gasteiger partial charge in [0.15, 0.2) is 0 Å². The monoisotopic (exact) mass is 132 g/mol. The van der Waals surface area contributed by atoms with E-state index >= 15 is 0 Å². The van der Waals surface area contributed by atoms with Gasteiger partial charge in [-0.1, -0.05) is 0 Å². The zero-order valence-corrected chi connectivity index (χ0v) is 5.37. The van der Waals surface area contributed by atoms with Crippen LogP contribution in [0.5, 0.6) is 0 Å². The zero-order chi connectivity index (χ0) is 5.82. The third-order valence-electron chi connectivity index (χ3n) is 0.916. The third kappa shape index (κ3) is 1.74. The molecule has 8 heavy (non-hydrogen) atoms. The standard InChI is InChI=1S/C5H8O2S/c6-5-4-8-3-1-2-7-5/h1-4H2. The van der Waals surface area contributed by atoms with E-state index in [0.29, 0.717) is 12.4 Å². The van der Waals surface area contributed by atoms with Gasteiger partial charge in [-0.15, -0.1) is 0 Å². The van der Waals surface area contributed by atoms with Crippen LogP contribution in [0.1, 0.15) is 6.42 Å². The summed E-state index contributed by atoms with van der Waals surface area (Å²) in [4.78, 5) is 10.4. The van der Waals surface area contributed by atoms with E-state index < -0.39 is 0 Å². The number of esters is 1. The minimum atomic E-state index is -0.0625. The van der Waals surface area contributed by atoms with Gasteiger partial charge in [0.2, 0.25) is 0 Å². The van der Waals surface area contributed by atoms with Gasteiger partial charge in [-0.25, -0.2) is 0 Å². The number of hydrogen-bond donors (Lipinski definition) is 0. The van der Waals surface area contributed by atoms with E-state index in [-0.39, 0.29) is 5.97 Å². The average Bonchev–Trinajstić information content (AvgIpc) is 1.94. The number of ether oxygens (including phenoxy) is 1. The van der Waals surface area contributed by atoms with Crippen molar-refractivity contribution in [3.05, 3.63) is 0 Å².